The molecule has 0 bridgehead atoms. The highest BCUT2D eigenvalue weighted by atomic mass is 35.5. The van der Waals surface area contributed by atoms with Crippen LogP contribution in [0.4, 0.5) is 11.5 Å². The maximum atomic E-state index is 12.0. The van der Waals surface area contributed by atoms with Crippen LogP contribution in [0.15, 0.2) is 30.6 Å². The molecule has 0 aliphatic carbocycles. The Morgan fingerprint density at radius 1 is 1.12 bits per heavy atom. The van der Waals surface area contributed by atoms with E-state index in [9.17, 15) is 4.79 Å². The Morgan fingerprint density at radius 2 is 1.83 bits per heavy atom. The van der Waals surface area contributed by atoms with Crippen LogP contribution in [0.2, 0.25) is 10.0 Å². The standard InChI is InChI=1S/C16H19Cl2N5O/c1-23(2)5-3-4-19-16(24)14-9-21-15(10-20-14)22-13-7-11(17)6-12(18)8-13/h6-10H,3-5H2,1-2H3,(H,19,24)(H,21,22). The van der Waals surface area contributed by atoms with Gasteiger partial charge in [-0.05, 0) is 45.3 Å². The lowest BCUT2D eigenvalue weighted by Crippen LogP contribution is -2.27. The maximum Gasteiger partial charge on any atom is 0.271 e. The number of amides is 1. The van der Waals surface area contributed by atoms with Crippen molar-refractivity contribution >= 4 is 40.6 Å². The van der Waals surface area contributed by atoms with Gasteiger partial charge in [0, 0.05) is 22.3 Å². The van der Waals surface area contributed by atoms with E-state index in [2.05, 4.69) is 25.5 Å². The second-order valence-electron chi connectivity index (χ2n) is 5.48. The van der Waals surface area contributed by atoms with E-state index < -0.39 is 0 Å². The molecule has 24 heavy (non-hydrogen) atoms. The largest absolute Gasteiger partial charge is 0.351 e. The monoisotopic (exact) mass is 367 g/mol. The third kappa shape index (κ3) is 5.96. The third-order valence-corrected chi connectivity index (χ3v) is 3.52. The van der Waals surface area contributed by atoms with Crippen LogP contribution in [0.25, 0.3) is 0 Å². The van der Waals surface area contributed by atoms with Gasteiger partial charge in [-0.3, -0.25) is 4.79 Å². The van der Waals surface area contributed by atoms with Crippen molar-refractivity contribution in [3.63, 3.8) is 0 Å². The summed E-state index contributed by atoms with van der Waals surface area (Å²) < 4.78 is 0. The van der Waals surface area contributed by atoms with Crippen LogP contribution < -0.4 is 10.6 Å². The zero-order valence-electron chi connectivity index (χ0n) is 13.5. The van der Waals surface area contributed by atoms with Crippen LogP contribution in [-0.2, 0) is 0 Å². The smallest absolute Gasteiger partial charge is 0.271 e. The molecular formula is C16H19Cl2N5O. The normalized spacial score (nSPS) is 10.7. The summed E-state index contributed by atoms with van der Waals surface area (Å²) in [5.74, 6) is 0.260. The van der Waals surface area contributed by atoms with E-state index >= 15 is 0 Å². The lowest BCUT2D eigenvalue weighted by Gasteiger charge is -2.10. The Bertz CT molecular complexity index is 671. The average Bonchev–Trinajstić information content (AvgIpc) is 2.51. The first-order valence-corrected chi connectivity index (χ1v) is 8.18. The number of carbonyl (C=O) groups is 1. The zero-order valence-corrected chi connectivity index (χ0v) is 15.0. The predicted molar refractivity (Wildman–Crippen MR) is 97.3 cm³/mol. The summed E-state index contributed by atoms with van der Waals surface area (Å²) in [4.78, 5) is 22.3. The summed E-state index contributed by atoms with van der Waals surface area (Å²) in [6.07, 6.45) is 3.79. The quantitative estimate of drug-likeness (QED) is 0.735. The lowest BCUT2D eigenvalue weighted by atomic mass is 10.3. The molecule has 1 aromatic heterocycles. The van der Waals surface area contributed by atoms with Crippen LogP contribution in [0.5, 0.6) is 0 Å². The van der Waals surface area contributed by atoms with Gasteiger partial charge in [-0.2, -0.15) is 0 Å². The van der Waals surface area contributed by atoms with Crippen LogP contribution in [0, 0.1) is 0 Å². The fraction of sp³-hybridized carbons (Fsp3) is 0.312. The lowest BCUT2D eigenvalue weighted by molar-refractivity contribution is 0.0947. The number of rotatable bonds is 7. The van der Waals surface area contributed by atoms with Crippen LogP contribution in [0.3, 0.4) is 0 Å². The summed E-state index contributed by atoms with van der Waals surface area (Å²) in [5, 5.41) is 6.89. The van der Waals surface area contributed by atoms with Crippen molar-refractivity contribution in [3.05, 3.63) is 46.3 Å². The molecule has 0 atom stereocenters. The maximum absolute atomic E-state index is 12.0. The Kier molecular flexibility index (Phi) is 6.78. The predicted octanol–water partition coefficient (Wildman–Crippen LogP) is 3.21. The fourth-order valence-corrected chi connectivity index (χ4v) is 2.50. The highest BCUT2D eigenvalue weighted by molar-refractivity contribution is 6.35. The number of anilines is 2. The van der Waals surface area contributed by atoms with Gasteiger partial charge in [0.2, 0.25) is 0 Å². The topological polar surface area (TPSA) is 70.2 Å². The minimum absolute atomic E-state index is 0.237. The first kappa shape index (κ1) is 18.4. The van der Waals surface area contributed by atoms with Crippen molar-refractivity contribution < 1.29 is 4.79 Å². The van der Waals surface area contributed by atoms with Crippen LogP contribution >= 0.6 is 23.2 Å². The number of aromatic nitrogens is 2. The van der Waals surface area contributed by atoms with Crippen molar-refractivity contribution in [1.82, 2.24) is 20.2 Å². The summed E-state index contributed by atoms with van der Waals surface area (Å²) in [5.41, 5.74) is 0.970. The summed E-state index contributed by atoms with van der Waals surface area (Å²) in [6, 6.07) is 5.09. The minimum atomic E-state index is -0.237. The van der Waals surface area contributed by atoms with Crippen molar-refractivity contribution in [2.75, 3.05) is 32.5 Å². The van der Waals surface area contributed by atoms with Gasteiger partial charge in [0.25, 0.3) is 5.91 Å². The molecule has 0 aliphatic heterocycles. The fourth-order valence-electron chi connectivity index (χ4n) is 1.97. The molecule has 6 nitrogen and oxygen atoms in total. The number of nitrogens with zero attached hydrogens (tertiary/aromatic N) is 3. The number of halogens is 2. The van der Waals surface area contributed by atoms with Crippen LogP contribution in [0.1, 0.15) is 16.9 Å². The van der Waals surface area contributed by atoms with Gasteiger partial charge < -0.3 is 15.5 Å². The van der Waals surface area contributed by atoms with Gasteiger partial charge in [-0.15, -0.1) is 0 Å². The van der Waals surface area contributed by atoms with Crippen molar-refractivity contribution in [2.24, 2.45) is 0 Å². The van der Waals surface area contributed by atoms with Gasteiger partial charge in [0.05, 0.1) is 12.4 Å². The Hall–Kier alpha value is -1.89. The number of nitrogens with one attached hydrogen (secondary N) is 2. The Morgan fingerprint density at radius 3 is 2.42 bits per heavy atom. The van der Waals surface area contributed by atoms with E-state index in [4.69, 9.17) is 23.2 Å². The van der Waals surface area contributed by atoms with Crippen molar-refractivity contribution in [2.45, 2.75) is 6.42 Å². The minimum Gasteiger partial charge on any atom is -0.351 e. The number of hydrogen-bond acceptors (Lipinski definition) is 5. The van der Waals surface area contributed by atoms with Crippen molar-refractivity contribution in [1.29, 1.82) is 0 Å². The van der Waals surface area contributed by atoms with E-state index in [0.717, 1.165) is 13.0 Å². The number of benzene rings is 1. The number of hydrogen-bond donors (Lipinski definition) is 2. The molecule has 0 fully saturated rings. The Labute approximate surface area is 151 Å². The highest BCUT2D eigenvalue weighted by Crippen LogP contribution is 2.24. The molecule has 0 spiro atoms. The van der Waals surface area contributed by atoms with Gasteiger partial charge >= 0.3 is 0 Å². The molecule has 0 saturated heterocycles. The molecule has 2 rings (SSSR count). The van der Waals surface area contributed by atoms with Gasteiger partial charge in [-0.1, -0.05) is 23.2 Å². The van der Waals surface area contributed by atoms with Crippen LogP contribution in [-0.4, -0.2) is 48.0 Å². The van der Waals surface area contributed by atoms with Gasteiger partial charge in [0.1, 0.15) is 11.5 Å². The Balaban J connectivity index is 1.91. The van der Waals surface area contributed by atoms with Crippen molar-refractivity contribution in [3.8, 4) is 0 Å². The van der Waals surface area contributed by atoms with E-state index in [1.165, 1.54) is 12.4 Å². The summed E-state index contributed by atoms with van der Waals surface area (Å²) in [6.45, 7) is 1.51. The molecule has 2 aromatic rings. The molecule has 2 N–H and O–H groups in total. The second kappa shape index (κ2) is 8.82. The molecule has 0 aliphatic rings. The molecule has 1 aromatic carbocycles. The number of carbonyl (C=O) groups excluding carboxylic acids is 1. The summed E-state index contributed by atoms with van der Waals surface area (Å²) >= 11 is 11.9. The van der Waals surface area contributed by atoms with Gasteiger partial charge in [0.15, 0.2) is 0 Å². The highest BCUT2D eigenvalue weighted by Gasteiger charge is 2.08. The second-order valence-corrected chi connectivity index (χ2v) is 6.36. The molecule has 8 heteroatoms. The van der Waals surface area contributed by atoms with E-state index in [1.807, 2.05) is 14.1 Å². The summed E-state index contributed by atoms with van der Waals surface area (Å²) in [7, 11) is 3.98. The average molecular weight is 368 g/mol. The molecule has 0 unspecified atom stereocenters. The zero-order chi connectivity index (χ0) is 17.5. The van der Waals surface area contributed by atoms with E-state index in [0.29, 0.717) is 28.1 Å². The third-order valence-electron chi connectivity index (χ3n) is 3.09. The van der Waals surface area contributed by atoms with E-state index in [1.54, 1.807) is 18.2 Å². The first-order chi connectivity index (χ1) is 11.4. The molecular weight excluding hydrogens is 349 g/mol. The molecule has 128 valence electrons. The molecule has 0 radical (unpaired) electrons. The molecule has 1 heterocycles. The molecule has 1 amide bonds. The first-order valence-electron chi connectivity index (χ1n) is 7.42. The molecule has 0 saturated carbocycles. The SMILES string of the molecule is CN(C)CCCNC(=O)c1cnc(Nc2cc(Cl)cc(Cl)c2)cn1. The van der Waals surface area contributed by atoms with Gasteiger partial charge in [-0.25, -0.2) is 9.97 Å². The van der Waals surface area contributed by atoms with E-state index in [-0.39, 0.29) is 11.6 Å².